The summed E-state index contributed by atoms with van der Waals surface area (Å²) in [6.07, 6.45) is 1.73. The molecule has 0 aliphatic rings. The minimum atomic E-state index is 0.0860. The lowest BCUT2D eigenvalue weighted by Crippen LogP contribution is -2.03. The van der Waals surface area contributed by atoms with E-state index in [0.717, 1.165) is 20.9 Å². The maximum atomic E-state index is 9.94. The van der Waals surface area contributed by atoms with Crippen molar-refractivity contribution >= 4 is 44.8 Å². The van der Waals surface area contributed by atoms with Crippen LogP contribution >= 0.6 is 39.0 Å². The molecular weight excluding hydrogens is 520 g/mol. The SMILES string of the molecule is COc1ccc(-c2c(C#N)c(N)nc(SCc3csc(-c4ccc(Br)cn4)n3)c2C#N)cc1. The summed E-state index contributed by atoms with van der Waals surface area (Å²) in [5.41, 5.74) is 9.38. The lowest BCUT2D eigenvalue weighted by atomic mass is 9.97. The second-order valence-corrected chi connectivity index (χ2v) is 9.41. The molecule has 0 unspecified atom stereocenters. The standard InChI is InChI=1S/C23H15BrN6OS2/c1-31-16-5-2-13(3-6-16)20-17(8-25)21(27)30-22(18(20)9-26)32-11-15-12-33-23(29-15)19-7-4-14(24)10-28-19/h2-7,10,12H,11H2,1H3,(H2,27,30). The topological polar surface area (TPSA) is 122 Å². The highest BCUT2D eigenvalue weighted by atomic mass is 79.9. The lowest BCUT2D eigenvalue weighted by Gasteiger charge is -2.13. The van der Waals surface area contributed by atoms with Gasteiger partial charge in [-0.05, 0) is 45.8 Å². The van der Waals surface area contributed by atoms with Gasteiger partial charge in [0.15, 0.2) is 0 Å². The second kappa shape index (κ2) is 10.0. The van der Waals surface area contributed by atoms with Crippen LogP contribution in [0.3, 0.4) is 0 Å². The first kappa shape index (κ1) is 22.7. The molecule has 162 valence electrons. The van der Waals surface area contributed by atoms with Crippen LogP contribution in [0, 0.1) is 22.7 Å². The van der Waals surface area contributed by atoms with Crippen LogP contribution in [-0.4, -0.2) is 22.1 Å². The van der Waals surface area contributed by atoms with Crippen LogP contribution in [0.15, 0.2) is 57.5 Å². The number of hydrogen-bond acceptors (Lipinski definition) is 9. The van der Waals surface area contributed by atoms with E-state index in [1.807, 2.05) is 17.5 Å². The number of ether oxygens (including phenoxy) is 1. The van der Waals surface area contributed by atoms with Crippen LogP contribution < -0.4 is 10.5 Å². The molecule has 0 saturated carbocycles. The van der Waals surface area contributed by atoms with Gasteiger partial charge in [0.2, 0.25) is 0 Å². The average Bonchev–Trinajstić information content (AvgIpc) is 3.32. The Bertz CT molecular complexity index is 1390. The molecule has 0 saturated heterocycles. The summed E-state index contributed by atoms with van der Waals surface area (Å²) in [6.45, 7) is 0. The molecule has 0 radical (unpaired) electrons. The number of nitrogens with zero attached hydrogens (tertiary/aromatic N) is 5. The summed E-state index contributed by atoms with van der Waals surface area (Å²) in [5, 5.41) is 22.8. The molecule has 4 rings (SSSR count). The van der Waals surface area contributed by atoms with Crippen molar-refractivity contribution in [3.63, 3.8) is 0 Å². The fraction of sp³-hybridized carbons (Fsp3) is 0.0870. The fourth-order valence-electron chi connectivity index (χ4n) is 3.08. The molecule has 1 aromatic carbocycles. The van der Waals surface area contributed by atoms with Crippen molar-refractivity contribution in [2.45, 2.75) is 10.8 Å². The van der Waals surface area contributed by atoms with Gasteiger partial charge in [-0.3, -0.25) is 4.98 Å². The van der Waals surface area contributed by atoms with Crippen molar-refractivity contribution in [1.29, 1.82) is 10.5 Å². The van der Waals surface area contributed by atoms with E-state index in [2.05, 4.69) is 43.0 Å². The lowest BCUT2D eigenvalue weighted by molar-refractivity contribution is 0.415. The van der Waals surface area contributed by atoms with Crippen molar-refractivity contribution in [3.05, 3.63) is 69.3 Å². The van der Waals surface area contributed by atoms with Gasteiger partial charge < -0.3 is 10.5 Å². The summed E-state index contributed by atoms with van der Waals surface area (Å²) >= 11 is 6.23. The highest BCUT2D eigenvalue weighted by molar-refractivity contribution is 9.10. The molecule has 0 aliphatic carbocycles. The molecule has 0 spiro atoms. The summed E-state index contributed by atoms with van der Waals surface area (Å²) in [4.78, 5) is 13.4. The number of thioether (sulfide) groups is 1. The Balaban J connectivity index is 1.66. The molecule has 33 heavy (non-hydrogen) atoms. The zero-order valence-electron chi connectivity index (χ0n) is 17.2. The molecule has 4 aromatic rings. The Kier molecular flexibility index (Phi) is 6.90. The van der Waals surface area contributed by atoms with Gasteiger partial charge in [-0.25, -0.2) is 9.97 Å². The number of rotatable bonds is 6. The Hall–Kier alpha value is -3.44. The van der Waals surface area contributed by atoms with Crippen LogP contribution in [0.5, 0.6) is 5.75 Å². The van der Waals surface area contributed by atoms with Gasteiger partial charge in [0, 0.05) is 27.4 Å². The van der Waals surface area contributed by atoms with E-state index in [4.69, 9.17) is 10.5 Å². The Labute approximate surface area is 207 Å². The van der Waals surface area contributed by atoms with Crippen molar-refractivity contribution in [2.75, 3.05) is 12.8 Å². The minimum Gasteiger partial charge on any atom is -0.497 e. The Morgan fingerprint density at radius 3 is 2.48 bits per heavy atom. The predicted octanol–water partition coefficient (Wildman–Crippen LogP) is 5.66. The van der Waals surface area contributed by atoms with E-state index in [-0.39, 0.29) is 11.4 Å². The maximum absolute atomic E-state index is 9.94. The average molecular weight is 535 g/mol. The molecule has 10 heteroatoms. The third-order valence-corrected chi connectivity index (χ3v) is 7.04. The molecule has 0 amide bonds. The van der Waals surface area contributed by atoms with E-state index in [1.54, 1.807) is 37.6 Å². The van der Waals surface area contributed by atoms with Crippen LogP contribution in [0.1, 0.15) is 16.8 Å². The number of nitrogens with two attached hydrogens (primary N) is 1. The van der Waals surface area contributed by atoms with Gasteiger partial charge >= 0.3 is 0 Å². The number of anilines is 1. The number of aromatic nitrogens is 3. The minimum absolute atomic E-state index is 0.0860. The summed E-state index contributed by atoms with van der Waals surface area (Å²) in [7, 11) is 1.58. The number of hydrogen-bond donors (Lipinski definition) is 1. The number of nitrogen functional groups attached to an aromatic ring is 1. The van der Waals surface area contributed by atoms with E-state index >= 15 is 0 Å². The maximum Gasteiger partial charge on any atom is 0.143 e. The van der Waals surface area contributed by atoms with E-state index in [9.17, 15) is 10.5 Å². The number of pyridine rings is 2. The first-order valence-corrected chi connectivity index (χ1v) is 12.2. The second-order valence-electron chi connectivity index (χ2n) is 6.67. The highest BCUT2D eigenvalue weighted by Crippen LogP contribution is 2.37. The largest absolute Gasteiger partial charge is 0.497 e. The van der Waals surface area contributed by atoms with Crippen molar-refractivity contribution < 1.29 is 4.74 Å². The molecule has 0 fully saturated rings. The van der Waals surface area contributed by atoms with Gasteiger partial charge in [-0.2, -0.15) is 10.5 Å². The number of benzene rings is 1. The Morgan fingerprint density at radius 1 is 1.09 bits per heavy atom. The smallest absolute Gasteiger partial charge is 0.143 e. The molecule has 0 aliphatic heterocycles. The van der Waals surface area contributed by atoms with E-state index in [1.165, 1.54) is 23.1 Å². The zero-order chi connectivity index (χ0) is 23.4. The molecule has 0 bridgehead atoms. The van der Waals surface area contributed by atoms with Gasteiger partial charge in [-0.15, -0.1) is 11.3 Å². The van der Waals surface area contributed by atoms with Gasteiger partial charge in [0.25, 0.3) is 0 Å². The van der Waals surface area contributed by atoms with Crippen molar-refractivity contribution in [2.24, 2.45) is 0 Å². The van der Waals surface area contributed by atoms with Crippen LogP contribution in [0.4, 0.5) is 5.82 Å². The van der Waals surface area contributed by atoms with Crippen molar-refractivity contribution in [1.82, 2.24) is 15.0 Å². The van der Waals surface area contributed by atoms with Crippen LogP contribution in [0.2, 0.25) is 0 Å². The molecule has 7 nitrogen and oxygen atoms in total. The van der Waals surface area contributed by atoms with Gasteiger partial charge in [-0.1, -0.05) is 23.9 Å². The van der Waals surface area contributed by atoms with E-state index < -0.39 is 0 Å². The third-order valence-electron chi connectivity index (χ3n) is 4.65. The Morgan fingerprint density at radius 2 is 1.85 bits per heavy atom. The zero-order valence-corrected chi connectivity index (χ0v) is 20.5. The summed E-state index contributed by atoms with van der Waals surface area (Å²) in [5.74, 6) is 1.25. The van der Waals surface area contributed by atoms with E-state index in [0.29, 0.717) is 33.2 Å². The van der Waals surface area contributed by atoms with Gasteiger partial charge in [0.1, 0.15) is 39.3 Å². The number of halogens is 1. The molecular formula is C23H15BrN6OS2. The number of thiazole rings is 1. The first-order valence-electron chi connectivity index (χ1n) is 9.51. The number of methoxy groups -OCH3 is 1. The summed E-state index contributed by atoms with van der Waals surface area (Å²) < 4.78 is 6.11. The normalized spacial score (nSPS) is 10.4. The molecule has 2 N–H and O–H groups in total. The van der Waals surface area contributed by atoms with Crippen LogP contribution in [-0.2, 0) is 5.75 Å². The predicted molar refractivity (Wildman–Crippen MR) is 133 cm³/mol. The highest BCUT2D eigenvalue weighted by Gasteiger charge is 2.21. The number of nitriles is 2. The molecule has 3 heterocycles. The van der Waals surface area contributed by atoms with Crippen molar-refractivity contribution in [3.8, 4) is 39.7 Å². The van der Waals surface area contributed by atoms with Crippen LogP contribution in [0.25, 0.3) is 21.8 Å². The quantitative estimate of drug-likeness (QED) is 0.314. The monoisotopic (exact) mass is 534 g/mol. The fourth-order valence-corrected chi connectivity index (χ4v) is 5.11. The summed E-state index contributed by atoms with van der Waals surface area (Å²) in [6, 6.07) is 15.3. The molecule has 0 atom stereocenters. The molecule has 3 aromatic heterocycles. The van der Waals surface area contributed by atoms with Gasteiger partial charge in [0.05, 0.1) is 24.1 Å². The first-order chi connectivity index (χ1) is 16.0. The third kappa shape index (κ3) is 4.83.